The minimum atomic E-state index is -0.363. The first-order chi connectivity index (χ1) is 10.2. The topological polar surface area (TPSA) is 95.6 Å². The van der Waals surface area contributed by atoms with Gasteiger partial charge in [0.2, 0.25) is 5.95 Å². The predicted molar refractivity (Wildman–Crippen MR) is 78.6 cm³/mol. The molecule has 1 aliphatic rings. The van der Waals surface area contributed by atoms with E-state index in [0.29, 0.717) is 24.8 Å². The van der Waals surface area contributed by atoms with Gasteiger partial charge in [0.05, 0.1) is 18.5 Å². The van der Waals surface area contributed by atoms with E-state index in [0.717, 1.165) is 12.8 Å². The van der Waals surface area contributed by atoms with Crippen molar-refractivity contribution in [1.29, 1.82) is 5.26 Å². The lowest BCUT2D eigenvalue weighted by atomic mass is 9.96. The van der Waals surface area contributed by atoms with Crippen LogP contribution in [0, 0.1) is 11.3 Å². The fourth-order valence-electron chi connectivity index (χ4n) is 2.58. The predicted octanol–water partition coefficient (Wildman–Crippen LogP) is 2.60. The van der Waals surface area contributed by atoms with Crippen molar-refractivity contribution < 1.29 is 4.79 Å². The molecule has 0 saturated heterocycles. The van der Waals surface area contributed by atoms with Crippen molar-refractivity contribution in [3.63, 3.8) is 0 Å². The Morgan fingerprint density at radius 2 is 2.29 bits per heavy atom. The Bertz CT molecular complexity index is 500. The molecule has 114 valence electrons. The van der Waals surface area contributed by atoms with Crippen molar-refractivity contribution in [2.75, 3.05) is 5.32 Å². The van der Waals surface area contributed by atoms with Crippen molar-refractivity contribution in [2.45, 2.75) is 64.0 Å². The van der Waals surface area contributed by atoms with Crippen LogP contribution >= 0.6 is 0 Å². The molecule has 0 spiro atoms. The van der Waals surface area contributed by atoms with E-state index in [-0.39, 0.29) is 12.1 Å². The minimum absolute atomic E-state index is 0.143. The van der Waals surface area contributed by atoms with Crippen LogP contribution in [0.5, 0.6) is 0 Å². The minimum Gasteiger partial charge on any atom is -0.334 e. The normalized spacial score (nSPS) is 17.0. The van der Waals surface area contributed by atoms with Crippen LogP contribution in [0.1, 0.15) is 57.9 Å². The third-order valence-corrected chi connectivity index (χ3v) is 3.85. The molecular weight excluding hydrogens is 268 g/mol. The molecule has 0 unspecified atom stereocenters. The fourth-order valence-corrected chi connectivity index (χ4v) is 2.58. The second-order valence-electron chi connectivity index (χ2n) is 5.41. The number of hydrogen-bond acceptors (Lipinski definition) is 4. The molecule has 0 aliphatic heterocycles. The Kier molecular flexibility index (Phi) is 5.55. The summed E-state index contributed by atoms with van der Waals surface area (Å²) >= 11 is 0. The molecule has 2 rings (SSSR count). The van der Waals surface area contributed by atoms with E-state index in [4.69, 9.17) is 5.26 Å². The second kappa shape index (κ2) is 7.62. The smallest absolute Gasteiger partial charge is 0.321 e. The van der Waals surface area contributed by atoms with Crippen LogP contribution in [0.3, 0.4) is 0 Å². The number of nitriles is 1. The Hall–Kier alpha value is -2.10. The molecule has 1 heterocycles. The van der Waals surface area contributed by atoms with Crippen LogP contribution in [0.25, 0.3) is 0 Å². The van der Waals surface area contributed by atoms with E-state index in [2.05, 4.69) is 26.8 Å². The summed E-state index contributed by atoms with van der Waals surface area (Å²) in [6.45, 7) is 1.93. The van der Waals surface area contributed by atoms with Crippen LogP contribution in [0.2, 0.25) is 0 Å². The highest BCUT2D eigenvalue weighted by Gasteiger charge is 2.17. The number of nitrogens with zero attached hydrogens (tertiary/aromatic N) is 4. The molecule has 1 aromatic rings. The maximum absolute atomic E-state index is 11.8. The molecule has 0 radical (unpaired) electrons. The summed E-state index contributed by atoms with van der Waals surface area (Å²) in [5, 5.41) is 18.4. The molecular formula is C14H22N6O. The number of urea groups is 1. The van der Waals surface area contributed by atoms with Crippen molar-refractivity contribution in [3.05, 3.63) is 6.33 Å². The number of carbonyl (C=O) groups excluding carboxylic acids is 1. The summed E-state index contributed by atoms with van der Waals surface area (Å²) in [5.74, 6) is 0.310. The highest BCUT2D eigenvalue weighted by molar-refractivity contribution is 5.87. The summed E-state index contributed by atoms with van der Waals surface area (Å²) in [6, 6.07) is 1.95. The molecule has 21 heavy (non-hydrogen) atoms. The van der Waals surface area contributed by atoms with Gasteiger partial charge in [-0.2, -0.15) is 5.26 Å². The van der Waals surface area contributed by atoms with E-state index in [9.17, 15) is 4.79 Å². The first-order valence-electron chi connectivity index (χ1n) is 7.58. The zero-order valence-corrected chi connectivity index (χ0v) is 12.4. The Labute approximate surface area is 124 Å². The van der Waals surface area contributed by atoms with Gasteiger partial charge in [-0.1, -0.05) is 26.2 Å². The molecule has 1 atom stereocenters. The van der Waals surface area contributed by atoms with Crippen LogP contribution in [0.15, 0.2) is 6.33 Å². The van der Waals surface area contributed by atoms with Crippen molar-refractivity contribution >= 4 is 12.0 Å². The molecule has 0 bridgehead atoms. The van der Waals surface area contributed by atoms with Gasteiger partial charge >= 0.3 is 6.03 Å². The van der Waals surface area contributed by atoms with Gasteiger partial charge in [-0.25, -0.2) is 14.5 Å². The maximum Gasteiger partial charge on any atom is 0.321 e. The van der Waals surface area contributed by atoms with Gasteiger partial charge in [0.1, 0.15) is 6.33 Å². The molecule has 1 aliphatic carbocycles. The lowest BCUT2D eigenvalue weighted by Gasteiger charge is -2.21. The third-order valence-electron chi connectivity index (χ3n) is 3.85. The highest BCUT2D eigenvalue weighted by Crippen LogP contribution is 2.27. The third kappa shape index (κ3) is 4.45. The van der Waals surface area contributed by atoms with E-state index in [1.165, 1.54) is 19.3 Å². The van der Waals surface area contributed by atoms with E-state index >= 15 is 0 Å². The number of aromatic nitrogens is 3. The quantitative estimate of drug-likeness (QED) is 0.871. The summed E-state index contributed by atoms with van der Waals surface area (Å²) in [5.41, 5.74) is 0. The molecule has 1 fully saturated rings. The summed E-state index contributed by atoms with van der Waals surface area (Å²) in [6.07, 6.45) is 8.66. The van der Waals surface area contributed by atoms with Crippen LogP contribution in [-0.2, 0) is 0 Å². The average Bonchev–Trinajstić information content (AvgIpc) is 2.96. The monoisotopic (exact) mass is 290 g/mol. The Morgan fingerprint density at radius 1 is 1.52 bits per heavy atom. The number of carbonyl (C=O) groups is 1. The Morgan fingerprint density at radius 3 is 2.95 bits per heavy atom. The second-order valence-corrected chi connectivity index (χ2v) is 5.41. The lowest BCUT2D eigenvalue weighted by Crippen LogP contribution is -2.37. The largest absolute Gasteiger partial charge is 0.334 e. The van der Waals surface area contributed by atoms with Gasteiger partial charge in [-0.3, -0.25) is 5.32 Å². The van der Waals surface area contributed by atoms with Crippen LogP contribution in [0.4, 0.5) is 10.7 Å². The molecule has 1 saturated carbocycles. The zero-order chi connectivity index (χ0) is 15.1. The van der Waals surface area contributed by atoms with Gasteiger partial charge in [0.15, 0.2) is 0 Å². The van der Waals surface area contributed by atoms with Crippen molar-refractivity contribution in [1.82, 2.24) is 20.1 Å². The zero-order valence-electron chi connectivity index (χ0n) is 12.4. The summed E-state index contributed by atoms with van der Waals surface area (Å²) < 4.78 is 1.85. The van der Waals surface area contributed by atoms with E-state index in [1.807, 2.05) is 11.6 Å². The molecule has 7 nitrogen and oxygen atoms in total. The van der Waals surface area contributed by atoms with Crippen molar-refractivity contribution in [3.8, 4) is 6.07 Å². The van der Waals surface area contributed by atoms with Crippen molar-refractivity contribution in [2.24, 2.45) is 0 Å². The van der Waals surface area contributed by atoms with Gasteiger partial charge in [-0.05, 0) is 19.3 Å². The van der Waals surface area contributed by atoms with Gasteiger partial charge in [0.25, 0.3) is 0 Å². The Balaban J connectivity index is 1.86. The number of amides is 2. The first-order valence-corrected chi connectivity index (χ1v) is 7.58. The molecule has 1 aromatic heterocycles. The summed E-state index contributed by atoms with van der Waals surface area (Å²) in [4.78, 5) is 15.9. The SMILES string of the molecule is CC[C@H](CC#N)NC(=O)Nc1ncn(C2CCCCC2)n1. The lowest BCUT2D eigenvalue weighted by molar-refractivity contribution is 0.248. The summed E-state index contributed by atoms with van der Waals surface area (Å²) in [7, 11) is 0. The number of anilines is 1. The van der Waals surface area contributed by atoms with Gasteiger partial charge in [0, 0.05) is 6.04 Å². The number of nitrogens with one attached hydrogen (secondary N) is 2. The molecule has 7 heteroatoms. The molecule has 2 N–H and O–H groups in total. The van der Waals surface area contributed by atoms with Gasteiger partial charge in [-0.15, -0.1) is 5.10 Å². The number of rotatable bonds is 5. The maximum atomic E-state index is 11.8. The standard InChI is InChI=1S/C14H22N6O/c1-2-11(8-9-15)17-14(21)18-13-16-10-20(19-13)12-6-4-3-5-7-12/h10-12H,2-8H2,1H3,(H2,17,18,19,21)/t11-/m1/s1. The van der Waals surface area contributed by atoms with E-state index < -0.39 is 0 Å². The molecule has 2 amide bonds. The van der Waals surface area contributed by atoms with Crippen LogP contribution < -0.4 is 10.6 Å². The fraction of sp³-hybridized carbons (Fsp3) is 0.714. The first kappa shape index (κ1) is 15.3. The molecule has 0 aromatic carbocycles. The van der Waals surface area contributed by atoms with Crippen LogP contribution in [-0.4, -0.2) is 26.8 Å². The number of hydrogen-bond donors (Lipinski definition) is 2. The van der Waals surface area contributed by atoms with Gasteiger partial charge < -0.3 is 5.32 Å². The highest BCUT2D eigenvalue weighted by atomic mass is 16.2. The van der Waals surface area contributed by atoms with E-state index in [1.54, 1.807) is 6.33 Å². The average molecular weight is 290 g/mol.